The number of methoxy groups -OCH3 is 2. The molecule has 0 heterocycles. The first kappa shape index (κ1) is 43.6. The molecule has 0 radical (unpaired) electrons. The highest BCUT2D eigenvalue weighted by molar-refractivity contribution is 6.14. The van der Waals surface area contributed by atoms with Crippen molar-refractivity contribution in [2.24, 2.45) is 5.41 Å². The molecule has 3 aliphatic carbocycles. The normalized spacial score (nSPS) is 21.3. The van der Waals surface area contributed by atoms with E-state index in [1.165, 1.54) is 5.57 Å². The van der Waals surface area contributed by atoms with Gasteiger partial charge in [-0.1, -0.05) is 134 Å². The number of nitrogens with zero attached hydrogens (tertiary/aromatic N) is 1. The molecule has 1 saturated carbocycles. The predicted octanol–water partition coefficient (Wildman–Crippen LogP) is 11.1. The molecule has 7 nitrogen and oxygen atoms in total. The van der Waals surface area contributed by atoms with Crippen LogP contribution in [0.4, 0.5) is 0 Å². The van der Waals surface area contributed by atoms with Crippen LogP contribution in [0.25, 0.3) is 21.9 Å². The highest BCUT2D eigenvalue weighted by Crippen LogP contribution is 2.59. The summed E-state index contributed by atoms with van der Waals surface area (Å²) in [5.74, 6) is 0.742. The van der Waals surface area contributed by atoms with E-state index in [2.05, 4.69) is 56.3 Å². The zero-order chi connectivity index (χ0) is 44.1. The monoisotopic (exact) mass is 841 g/mol. The van der Waals surface area contributed by atoms with Crippen molar-refractivity contribution in [3.05, 3.63) is 178 Å². The maximum atomic E-state index is 15.2. The molecule has 6 aromatic rings. The van der Waals surface area contributed by atoms with Gasteiger partial charge in [0.1, 0.15) is 0 Å². The predicted molar refractivity (Wildman–Crippen MR) is 251 cm³/mol. The highest BCUT2D eigenvalue weighted by Gasteiger charge is 2.57. The summed E-state index contributed by atoms with van der Waals surface area (Å²) in [6, 6.07) is 43.9. The van der Waals surface area contributed by atoms with E-state index in [4.69, 9.17) is 9.47 Å². The second-order valence-electron chi connectivity index (χ2n) is 17.9. The number of carbonyl (C=O) groups is 2. The Kier molecular flexibility index (Phi) is 13.0. The summed E-state index contributed by atoms with van der Waals surface area (Å²) < 4.78 is 11.1. The maximum absolute atomic E-state index is 15.2. The van der Waals surface area contributed by atoms with Crippen LogP contribution in [0, 0.1) is 5.41 Å². The molecular formula is C56H59NO6. The number of benzene rings is 6. The molecule has 63 heavy (non-hydrogen) atoms. The Labute approximate surface area is 372 Å². The van der Waals surface area contributed by atoms with Crippen LogP contribution in [0.2, 0.25) is 0 Å². The van der Waals surface area contributed by atoms with Gasteiger partial charge in [0.2, 0.25) is 5.91 Å². The Balaban J connectivity index is 1.22. The number of hydrogen-bond acceptors (Lipinski definition) is 6. The van der Waals surface area contributed by atoms with Crippen molar-refractivity contribution >= 4 is 22.5 Å². The van der Waals surface area contributed by atoms with Crippen molar-refractivity contribution in [2.45, 2.75) is 89.4 Å². The molecule has 6 aromatic carbocycles. The largest absolute Gasteiger partial charge is 0.493 e. The Morgan fingerprint density at radius 1 is 0.778 bits per heavy atom. The third kappa shape index (κ3) is 9.09. The van der Waals surface area contributed by atoms with Crippen molar-refractivity contribution in [1.82, 2.24) is 4.90 Å². The first-order valence-corrected chi connectivity index (χ1v) is 22.3. The summed E-state index contributed by atoms with van der Waals surface area (Å²) in [5, 5.41) is 26.9. The fourth-order valence-corrected chi connectivity index (χ4v) is 10.4. The van der Waals surface area contributed by atoms with E-state index in [9.17, 15) is 15.0 Å². The van der Waals surface area contributed by atoms with Crippen LogP contribution in [0.15, 0.2) is 145 Å². The van der Waals surface area contributed by atoms with Crippen molar-refractivity contribution in [2.75, 3.05) is 20.8 Å². The molecular weight excluding hydrogens is 783 g/mol. The topological polar surface area (TPSA) is 96.3 Å². The second-order valence-corrected chi connectivity index (χ2v) is 17.9. The molecule has 1 amide bonds. The second kappa shape index (κ2) is 18.8. The number of amides is 1. The molecule has 0 saturated heterocycles. The standard InChI is InChI=1S/C56H59NO6/c1-38-14-13-30-55(2)50(47-27-24-39(32-44(58)26-23-38)33-49(47)54(60)48-22-11-10-21-46(48)42-15-6-5-7-16-42)29-31-56(55,61)37-57(36-43-19-12-18-41-17-8-9-20-45(41)43)53(59)35-40-25-28-51(62-3)52(34-40)63-4/h5-12,14-22,24-25,27-28,33-34,44,50,58,61H,13,23,26,29-32,35-37H2,1-4H3. The van der Waals surface area contributed by atoms with Gasteiger partial charge in [0.25, 0.3) is 0 Å². The third-order valence-corrected chi connectivity index (χ3v) is 14.0. The van der Waals surface area contributed by atoms with Gasteiger partial charge in [0, 0.05) is 23.1 Å². The minimum Gasteiger partial charge on any atom is -0.493 e. The molecule has 0 aliphatic heterocycles. The molecule has 9 rings (SSSR count). The van der Waals surface area contributed by atoms with Gasteiger partial charge in [-0.3, -0.25) is 9.59 Å². The molecule has 1 fully saturated rings. The van der Waals surface area contributed by atoms with Gasteiger partial charge in [-0.25, -0.2) is 0 Å². The van der Waals surface area contributed by atoms with Gasteiger partial charge in [0.05, 0.1) is 38.9 Å². The van der Waals surface area contributed by atoms with Crippen LogP contribution in [0.1, 0.15) is 96.5 Å². The molecule has 7 heteroatoms. The minimum atomic E-state index is -1.31. The van der Waals surface area contributed by atoms with Crippen LogP contribution in [0.5, 0.6) is 11.5 Å². The minimum absolute atomic E-state index is 0.0795. The van der Waals surface area contributed by atoms with Gasteiger partial charge >= 0.3 is 0 Å². The Morgan fingerprint density at radius 3 is 2.33 bits per heavy atom. The van der Waals surface area contributed by atoms with Gasteiger partial charge < -0.3 is 24.6 Å². The number of allylic oxidation sites excluding steroid dienone is 2. The molecule has 0 aromatic heterocycles. The van der Waals surface area contributed by atoms with Gasteiger partial charge in [0.15, 0.2) is 17.3 Å². The first-order valence-electron chi connectivity index (χ1n) is 22.3. The number of aliphatic hydroxyl groups is 2. The van der Waals surface area contributed by atoms with Gasteiger partial charge in [-0.2, -0.15) is 0 Å². The van der Waals surface area contributed by atoms with Crippen molar-refractivity contribution in [1.29, 1.82) is 0 Å². The van der Waals surface area contributed by atoms with Crippen LogP contribution in [0.3, 0.4) is 0 Å². The van der Waals surface area contributed by atoms with E-state index in [0.29, 0.717) is 67.7 Å². The fourth-order valence-electron chi connectivity index (χ4n) is 10.4. The number of hydrogen-bond donors (Lipinski definition) is 2. The summed E-state index contributed by atoms with van der Waals surface area (Å²) in [6.07, 6.45) is 6.02. The summed E-state index contributed by atoms with van der Waals surface area (Å²) in [4.78, 5) is 31.9. The van der Waals surface area contributed by atoms with E-state index < -0.39 is 17.1 Å². The van der Waals surface area contributed by atoms with Crippen LogP contribution < -0.4 is 9.47 Å². The lowest BCUT2D eigenvalue weighted by Crippen LogP contribution is -2.53. The third-order valence-electron chi connectivity index (χ3n) is 14.0. The number of carbonyl (C=O) groups excluding carboxylic acids is 2. The quantitative estimate of drug-likeness (QED) is 0.0996. The lowest BCUT2D eigenvalue weighted by atomic mass is 9.64. The molecule has 2 bridgehead atoms. The molecule has 2 N–H and O–H groups in total. The lowest BCUT2D eigenvalue weighted by molar-refractivity contribution is -0.140. The molecule has 3 aliphatic rings. The Hall–Kier alpha value is -6.02. The number of ether oxygens (including phenoxy) is 2. The van der Waals surface area contributed by atoms with Gasteiger partial charge in [-0.15, -0.1) is 0 Å². The van der Waals surface area contributed by atoms with E-state index in [0.717, 1.165) is 50.6 Å². The van der Waals surface area contributed by atoms with Crippen molar-refractivity contribution in [3.63, 3.8) is 0 Å². The fraction of sp³-hybridized carbons (Fsp3) is 0.321. The number of ketones is 1. The molecule has 324 valence electrons. The Morgan fingerprint density at radius 2 is 1.52 bits per heavy atom. The summed E-state index contributed by atoms with van der Waals surface area (Å²) >= 11 is 0. The van der Waals surface area contributed by atoms with Crippen LogP contribution in [-0.4, -0.2) is 59.3 Å². The number of aliphatic hydroxyl groups excluding tert-OH is 1. The van der Waals surface area contributed by atoms with Crippen molar-refractivity contribution in [3.8, 4) is 22.6 Å². The van der Waals surface area contributed by atoms with E-state index in [-0.39, 0.29) is 30.6 Å². The Bertz CT molecular complexity index is 2630. The zero-order valence-corrected chi connectivity index (χ0v) is 37.0. The average Bonchev–Trinajstić information content (AvgIpc) is 3.56. The summed E-state index contributed by atoms with van der Waals surface area (Å²) in [5.41, 5.74) is 5.77. The maximum Gasteiger partial charge on any atom is 0.227 e. The zero-order valence-electron chi connectivity index (χ0n) is 37.0. The van der Waals surface area contributed by atoms with Crippen molar-refractivity contribution < 1.29 is 29.3 Å². The van der Waals surface area contributed by atoms with E-state index in [1.54, 1.807) is 14.2 Å². The number of fused-ring (bicyclic) bond motifs is 9. The molecule has 0 spiro atoms. The average molecular weight is 842 g/mol. The SMILES string of the molecule is COc1ccc(CC(=O)N(Cc2cccc3ccccc23)CC2(O)CCC3c4ccc(cc4C(=O)c4ccccc4-c4ccccc4)CC(O)CCC(C)=CCCC32C)cc1OC. The lowest BCUT2D eigenvalue weighted by Gasteiger charge is -2.46. The molecule has 4 atom stereocenters. The number of rotatable bonds is 11. The van der Waals surface area contributed by atoms with E-state index in [1.807, 2.05) is 102 Å². The summed E-state index contributed by atoms with van der Waals surface area (Å²) in [7, 11) is 3.18. The summed E-state index contributed by atoms with van der Waals surface area (Å²) in [6.45, 7) is 4.72. The highest BCUT2D eigenvalue weighted by atomic mass is 16.5. The van der Waals surface area contributed by atoms with Crippen LogP contribution in [-0.2, 0) is 24.2 Å². The van der Waals surface area contributed by atoms with Gasteiger partial charge in [-0.05, 0) is 120 Å². The smallest absolute Gasteiger partial charge is 0.227 e. The van der Waals surface area contributed by atoms with Crippen LogP contribution >= 0.6 is 0 Å². The van der Waals surface area contributed by atoms with E-state index >= 15 is 4.79 Å². The first-order chi connectivity index (χ1) is 30.5. The molecule has 4 unspecified atom stereocenters.